The Morgan fingerprint density at radius 1 is 1.39 bits per heavy atom. The van der Waals surface area contributed by atoms with Crippen LogP contribution in [0.1, 0.15) is 26.7 Å². The number of amides is 2. The van der Waals surface area contributed by atoms with Crippen molar-refractivity contribution in [2.45, 2.75) is 32.7 Å². The number of hydrogen-bond donors (Lipinski definition) is 1. The molecule has 5 heteroatoms. The van der Waals surface area contributed by atoms with E-state index in [-0.39, 0.29) is 23.8 Å². The van der Waals surface area contributed by atoms with Crippen molar-refractivity contribution in [3.8, 4) is 0 Å². The van der Waals surface area contributed by atoms with Crippen molar-refractivity contribution in [3.05, 3.63) is 0 Å². The standard InChI is InChI=1S/C13H25N3O2/c1-10(2)12-13(18)16(8-5-7-15(3)4)9-6-11(17)14-12/h10,12H,5-9H2,1-4H3,(H,14,17). The van der Waals surface area contributed by atoms with Gasteiger partial charge >= 0.3 is 0 Å². The third kappa shape index (κ3) is 4.29. The minimum Gasteiger partial charge on any atom is -0.344 e. The molecule has 1 heterocycles. The zero-order chi connectivity index (χ0) is 13.7. The summed E-state index contributed by atoms with van der Waals surface area (Å²) >= 11 is 0. The lowest BCUT2D eigenvalue weighted by atomic mass is 10.0. The molecule has 1 saturated heterocycles. The number of hydrogen-bond acceptors (Lipinski definition) is 3. The SMILES string of the molecule is CC(C)C1NC(=O)CCN(CCCN(C)C)C1=O. The van der Waals surface area contributed by atoms with E-state index in [0.717, 1.165) is 19.5 Å². The van der Waals surface area contributed by atoms with E-state index < -0.39 is 0 Å². The van der Waals surface area contributed by atoms with E-state index in [9.17, 15) is 9.59 Å². The molecule has 0 saturated carbocycles. The van der Waals surface area contributed by atoms with Crippen LogP contribution in [0.4, 0.5) is 0 Å². The van der Waals surface area contributed by atoms with Crippen molar-refractivity contribution in [1.82, 2.24) is 15.1 Å². The quantitative estimate of drug-likeness (QED) is 0.769. The van der Waals surface area contributed by atoms with Gasteiger partial charge in [-0.3, -0.25) is 9.59 Å². The van der Waals surface area contributed by atoms with E-state index in [4.69, 9.17) is 0 Å². The summed E-state index contributed by atoms with van der Waals surface area (Å²) in [5.41, 5.74) is 0. The second-order valence-corrected chi connectivity index (χ2v) is 5.52. The van der Waals surface area contributed by atoms with E-state index in [0.29, 0.717) is 13.0 Å². The number of rotatable bonds is 5. The Hall–Kier alpha value is -1.10. The van der Waals surface area contributed by atoms with Gasteiger partial charge in [-0.25, -0.2) is 0 Å². The van der Waals surface area contributed by atoms with Crippen molar-refractivity contribution >= 4 is 11.8 Å². The summed E-state index contributed by atoms with van der Waals surface area (Å²) in [6, 6.07) is -0.362. The van der Waals surface area contributed by atoms with Gasteiger partial charge in [-0.05, 0) is 33.0 Å². The maximum absolute atomic E-state index is 12.3. The van der Waals surface area contributed by atoms with E-state index in [1.165, 1.54) is 0 Å². The van der Waals surface area contributed by atoms with Crippen LogP contribution < -0.4 is 5.32 Å². The smallest absolute Gasteiger partial charge is 0.245 e. The average Bonchev–Trinajstić information content (AvgIpc) is 2.41. The Labute approximate surface area is 110 Å². The lowest BCUT2D eigenvalue weighted by Crippen LogP contribution is -2.48. The molecule has 0 bridgehead atoms. The fourth-order valence-corrected chi connectivity index (χ4v) is 2.10. The van der Waals surface area contributed by atoms with E-state index >= 15 is 0 Å². The zero-order valence-corrected chi connectivity index (χ0v) is 11.9. The zero-order valence-electron chi connectivity index (χ0n) is 11.9. The van der Waals surface area contributed by atoms with Crippen LogP contribution in [-0.2, 0) is 9.59 Å². The second-order valence-electron chi connectivity index (χ2n) is 5.52. The fourth-order valence-electron chi connectivity index (χ4n) is 2.10. The Kier molecular flexibility index (Phi) is 5.59. The normalized spacial score (nSPS) is 21.4. The van der Waals surface area contributed by atoms with Crippen molar-refractivity contribution < 1.29 is 9.59 Å². The molecule has 1 unspecified atom stereocenters. The molecule has 0 aromatic carbocycles. The van der Waals surface area contributed by atoms with Gasteiger partial charge in [0.25, 0.3) is 0 Å². The van der Waals surface area contributed by atoms with Gasteiger partial charge in [0.1, 0.15) is 6.04 Å². The predicted molar refractivity (Wildman–Crippen MR) is 71.1 cm³/mol. The Bertz CT molecular complexity index is 303. The van der Waals surface area contributed by atoms with Gasteiger partial charge in [0, 0.05) is 19.5 Å². The Morgan fingerprint density at radius 3 is 2.61 bits per heavy atom. The maximum atomic E-state index is 12.3. The average molecular weight is 255 g/mol. The third-order valence-corrected chi connectivity index (χ3v) is 3.20. The lowest BCUT2D eigenvalue weighted by Gasteiger charge is -2.26. The summed E-state index contributed by atoms with van der Waals surface area (Å²) in [6.45, 7) is 6.16. The van der Waals surface area contributed by atoms with E-state index in [1.54, 1.807) is 0 Å². The van der Waals surface area contributed by atoms with Crippen molar-refractivity contribution in [2.75, 3.05) is 33.7 Å². The predicted octanol–water partition coefficient (Wildman–Crippen LogP) is 0.311. The molecule has 0 aromatic heterocycles. The highest BCUT2D eigenvalue weighted by molar-refractivity contribution is 5.90. The number of nitrogens with zero attached hydrogens (tertiary/aromatic N) is 2. The van der Waals surface area contributed by atoms with Gasteiger partial charge in [0.2, 0.25) is 11.8 Å². The van der Waals surface area contributed by atoms with Crippen LogP contribution >= 0.6 is 0 Å². The minimum absolute atomic E-state index is 0.0165. The summed E-state index contributed by atoms with van der Waals surface area (Å²) in [6.07, 6.45) is 1.36. The first-order valence-electron chi connectivity index (χ1n) is 6.64. The topological polar surface area (TPSA) is 52.7 Å². The van der Waals surface area contributed by atoms with Crippen LogP contribution in [0.15, 0.2) is 0 Å². The monoisotopic (exact) mass is 255 g/mol. The summed E-state index contributed by atoms with van der Waals surface area (Å²) in [5, 5.41) is 2.82. The van der Waals surface area contributed by atoms with Crippen LogP contribution in [0.5, 0.6) is 0 Å². The molecule has 1 rings (SSSR count). The van der Waals surface area contributed by atoms with Gasteiger partial charge in [-0.2, -0.15) is 0 Å². The molecule has 1 atom stereocenters. The molecule has 18 heavy (non-hydrogen) atoms. The van der Waals surface area contributed by atoms with Crippen LogP contribution in [0.2, 0.25) is 0 Å². The fraction of sp³-hybridized carbons (Fsp3) is 0.846. The summed E-state index contributed by atoms with van der Waals surface area (Å²) < 4.78 is 0. The number of carbonyl (C=O) groups excluding carboxylic acids is 2. The molecule has 2 amide bonds. The maximum Gasteiger partial charge on any atom is 0.245 e. The lowest BCUT2D eigenvalue weighted by molar-refractivity contribution is -0.134. The number of nitrogens with one attached hydrogen (secondary N) is 1. The molecule has 1 aliphatic rings. The van der Waals surface area contributed by atoms with Crippen LogP contribution in [0.3, 0.4) is 0 Å². The highest BCUT2D eigenvalue weighted by Crippen LogP contribution is 2.11. The molecule has 104 valence electrons. The first kappa shape index (κ1) is 15.0. The highest BCUT2D eigenvalue weighted by atomic mass is 16.2. The molecule has 0 radical (unpaired) electrons. The minimum atomic E-state index is -0.362. The molecule has 1 N–H and O–H groups in total. The van der Waals surface area contributed by atoms with Gasteiger partial charge in [-0.1, -0.05) is 13.8 Å². The van der Waals surface area contributed by atoms with Gasteiger partial charge in [0.15, 0.2) is 0 Å². The highest BCUT2D eigenvalue weighted by Gasteiger charge is 2.31. The van der Waals surface area contributed by atoms with Crippen LogP contribution in [0, 0.1) is 5.92 Å². The molecular formula is C13H25N3O2. The van der Waals surface area contributed by atoms with Crippen molar-refractivity contribution in [3.63, 3.8) is 0 Å². The number of carbonyl (C=O) groups is 2. The third-order valence-electron chi connectivity index (χ3n) is 3.20. The summed E-state index contributed by atoms with van der Waals surface area (Å²) in [4.78, 5) is 27.8. The molecular weight excluding hydrogens is 230 g/mol. The van der Waals surface area contributed by atoms with Gasteiger partial charge in [0.05, 0.1) is 0 Å². The van der Waals surface area contributed by atoms with E-state index in [1.807, 2.05) is 32.8 Å². The van der Waals surface area contributed by atoms with Gasteiger partial charge < -0.3 is 15.1 Å². The van der Waals surface area contributed by atoms with Gasteiger partial charge in [-0.15, -0.1) is 0 Å². The Morgan fingerprint density at radius 2 is 2.06 bits per heavy atom. The van der Waals surface area contributed by atoms with Crippen molar-refractivity contribution in [2.24, 2.45) is 5.92 Å². The first-order valence-corrected chi connectivity index (χ1v) is 6.64. The second kappa shape index (κ2) is 6.73. The Balaban J connectivity index is 2.60. The molecule has 5 nitrogen and oxygen atoms in total. The summed E-state index contributed by atoms with van der Waals surface area (Å²) in [7, 11) is 4.04. The molecule has 0 aromatic rings. The molecule has 1 aliphatic heterocycles. The summed E-state index contributed by atoms with van der Waals surface area (Å²) in [5.74, 6) is 0.183. The van der Waals surface area contributed by atoms with Crippen LogP contribution in [-0.4, -0.2) is 61.4 Å². The molecule has 1 fully saturated rings. The molecule has 0 aliphatic carbocycles. The first-order chi connectivity index (χ1) is 8.41. The van der Waals surface area contributed by atoms with Crippen molar-refractivity contribution in [1.29, 1.82) is 0 Å². The molecule has 0 spiro atoms. The van der Waals surface area contributed by atoms with Crippen LogP contribution in [0.25, 0.3) is 0 Å². The van der Waals surface area contributed by atoms with E-state index in [2.05, 4.69) is 10.2 Å². The largest absolute Gasteiger partial charge is 0.344 e.